The average molecular weight is 287 g/mol. The summed E-state index contributed by atoms with van der Waals surface area (Å²) in [6.07, 6.45) is 0. The van der Waals surface area contributed by atoms with Crippen LogP contribution in [-0.2, 0) is 0 Å². The highest BCUT2D eigenvalue weighted by atomic mass is 16.5. The highest BCUT2D eigenvalue weighted by Gasteiger charge is 2.08. The lowest BCUT2D eigenvalue weighted by molar-refractivity contribution is 0.0690. The SMILES string of the molecule is COc1ccc(NC(=O)Nc2cccc(C(=O)O)n2)cc1. The number of nitrogens with zero attached hydrogens (tertiary/aromatic N) is 1. The number of nitrogens with one attached hydrogen (secondary N) is 2. The molecule has 0 spiro atoms. The van der Waals surface area contributed by atoms with Crippen molar-refractivity contribution in [1.29, 1.82) is 0 Å². The third-order valence-electron chi connectivity index (χ3n) is 2.56. The molecule has 0 bridgehead atoms. The molecule has 7 heteroatoms. The minimum atomic E-state index is -1.16. The second kappa shape index (κ2) is 6.38. The van der Waals surface area contributed by atoms with E-state index < -0.39 is 12.0 Å². The Hall–Kier alpha value is -3.09. The third-order valence-corrected chi connectivity index (χ3v) is 2.56. The number of aromatic nitrogens is 1. The lowest BCUT2D eigenvalue weighted by Gasteiger charge is -2.08. The minimum absolute atomic E-state index is 0.141. The van der Waals surface area contributed by atoms with Crippen LogP contribution < -0.4 is 15.4 Å². The molecule has 3 N–H and O–H groups in total. The van der Waals surface area contributed by atoms with Crippen molar-refractivity contribution in [2.24, 2.45) is 0 Å². The summed E-state index contributed by atoms with van der Waals surface area (Å²) in [4.78, 5) is 26.4. The smallest absolute Gasteiger partial charge is 0.354 e. The molecule has 2 amide bonds. The van der Waals surface area contributed by atoms with E-state index in [1.807, 2.05) is 0 Å². The first-order valence-electron chi connectivity index (χ1n) is 6.01. The van der Waals surface area contributed by atoms with Gasteiger partial charge < -0.3 is 15.2 Å². The van der Waals surface area contributed by atoms with E-state index in [1.54, 1.807) is 31.4 Å². The standard InChI is InChI=1S/C14H13N3O4/c1-21-10-7-5-9(6-8-10)15-14(20)17-12-4-2-3-11(16-12)13(18)19/h2-8H,1H3,(H,18,19)(H2,15,16,17,20). The first-order valence-corrected chi connectivity index (χ1v) is 6.01. The molecule has 7 nitrogen and oxygen atoms in total. The van der Waals surface area contributed by atoms with Crippen molar-refractivity contribution < 1.29 is 19.4 Å². The van der Waals surface area contributed by atoms with Crippen LogP contribution in [0.15, 0.2) is 42.5 Å². The van der Waals surface area contributed by atoms with Crippen LogP contribution >= 0.6 is 0 Å². The van der Waals surface area contributed by atoms with Crippen LogP contribution in [0.25, 0.3) is 0 Å². The molecule has 0 unspecified atom stereocenters. The zero-order valence-electron chi connectivity index (χ0n) is 11.2. The summed E-state index contributed by atoms with van der Waals surface area (Å²) in [5.41, 5.74) is 0.430. The molecule has 108 valence electrons. The van der Waals surface area contributed by atoms with Crippen LogP contribution in [-0.4, -0.2) is 29.2 Å². The van der Waals surface area contributed by atoms with Gasteiger partial charge in [-0.3, -0.25) is 5.32 Å². The van der Waals surface area contributed by atoms with Gasteiger partial charge >= 0.3 is 12.0 Å². The summed E-state index contributed by atoms with van der Waals surface area (Å²) in [5.74, 6) is -0.327. The number of carboxylic acids is 1. The number of anilines is 2. The van der Waals surface area contributed by atoms with Gasteiger partial charge in [-0.2, -0.15) is 0 Å². The van der Waals surface area contributed by atoms with E-state index >= 15 is 0 Å². The van der Waals surface area contributed by atoms with Crippen molar-refractivity contribution in [1.82, 2.24) is 4.98 Å². The quantitative estimate of drug-likeness (QED) is 0.801. The van der Waals surface area contributed by atoms with Gasteiger partial charge in [-0.25, -0.2) is 14.6 Å². The molecule has 0 atom stereocenters. The predicted octanol–water partition coefficient (Wildman–Crippen LogP) is 2.43. The third kappa shape index (κ3) is 3.93. The van der Waals surface area contributed by atoms with Crippen LogP contribution in [0.2, 0.25) is 0 Å². The fourth-order valence-electron chi connectivity index (χ4n) is 1.58. The molecule has 2 rings (SSSR count). The molecule has 0 aliphatic rings. The molecule has 0 saturated heterocycles. The number of carbonyl (C=O) groups excluding carboxylic acids is 1. The Kier molecular flexibility index (Phi) is 4.35. The summed E-state index contributed by atoms with van der Waals surface area (Å²) in [6, 6.07) is 10.6. The summed E-state index contributed by atoms with van der Waals surface area (Å²) in [5, 5.41) is 13.9. The topological polar surface area (TPSA) is 101 Å². The fourth-order valence-corrected chi connectivity index (χ4v) is 1.58. The van der Waals surface area contributed by atoms with Crippen molar-refractivity contribution >= 4 is 23.5 Å². The largest absolute Gasteiger partial charge is 0.497 e. The summed E-state index contributed by atoms with van der Waals surface area (Å²) in [6.45, 7) is 0. The molecule has 0 aliphatic carbocycles. The van der Waals surface area contributed by atoms with Crippen LogP contribution in [0.4, 0.5) is 16.3 Å². The number of amides is 2. The molecular formula is C14H13N3O4. The molecule has 0 radical (unpaired) electrons. The highest BCUT2D eigenvalue weighted by Crippen LogP contribution is 2.15. The molecule has 1 aromatic carbocycles. The van der Waals surface area contributed by atoms with Gasteiger partial charge in [-0.15, -0.1) is 0 Å². The maximum absolute atomic E-state index is 11.8. The van der Waals surface area contributed by atoms with Gasteiger partial charge in [0, 0.05) is 5.69 Å². The molecule has 0 aliphatic heterocycles. The van der Waals surface area contributed by atoms with Crippen molar-refractivity contribution in [3.63, 3.8) is 0 Å². The normalized spacial score (nSPS) is 9.76. The number of aromatic carboxylic acids is 1. The van der Waals surface area contributed by atoms with Crippen molar-refractivity contribution in [2.45, 2.75) is 0 Å². The van der Waals surface area contributed by atoms with Gasteiger partial charge in [0.05, 0.1) is 7.11 Å². The Labute approximate surface area is 120 Å². The molecule has 21 heavy (non-hydrogen) atoms. The number of pyridine rings is 1. The summed E-state index contributed by atoms with van der Waals surface area (Å²) >= 11 is 0. The van der Waals surface area contributed by atoms with E-state index in [0.29, 0.717) is 11.4 Å². The number of benzene rings is 1. The van der Waals surface area contributed by atoms with E-state index in [9.17, 15) is 9.59 Å². The van der Waals surface area contributed by atoms with Gasteiger partial charge in [0.15, 0.2) is 5.69 Å². The minimum Gasteiger partial charge on any atom is -0.497 e. The number of urea groups is 1. The average Bonchev–Trinajstić information content (AvgIpc) is 2.48. The number of carbonyl (C=O) groups is 2. The van der Waals surface area contributed by atoms with Crippen molar-refractivity contribution in [2.75, 3.05) is 17.7 Å². The van der Waals surface area contributed by atoms with E-state index in [1.165, 1.54) is 18.2 Å². The molecular weight excluding hydrogens is 274 g/mol. The van der Waals surface area contributed by atoms with E-state index in [4.69, 9.17) is 9.84 Å². The number of hydrogen-bond acceptors (Lipinski definition) is 4. The van der Waals surface area contributed by atoms with Crippen molar-refractivity contribution in [3.05, 3.63) is 48.2 Å². The first-order chi connectivity index (χ1) is 10.1. The number of hydrogen-bond donors (Lipinski definition) is 3. The first kappa shape index (κ1) is 14.3. The number of carboxylic acid groups (broad SMARTS) is 1. The molecule has 2 aromatic rings. The van der Waals surface area contributed by atoms with Crippen LogP contribution in [0.5, 0.6) is 5.75 Å². The summed E-state index contributed by atoms with van der Waals surface area (Å²) < 4.78 is 5.01. The zero-order valence-corrected chi connectivity index (χ0v) is 11.2. The summed E-state index contributed by atoms with van der Waals surface area (Å²) in [7, 11) is 1.55. The highest BCUT2D eigenvalue weighted by molar-refractivity contribution is 5.99. The zero-order chi connectivity index (χ0) is 15.2. The van der Waals surface area contributed by atoms with E-state index in [-0.39, 0.29) is 11.5 Å². The fraction of sp³-hybridized carbons (Fsp3) is 0.0714. The van der Waals surface area contributed by atoms with Gasteiger partial charge in [0.25, 0.3) is 0 Å². The molecule has 1 aromatic heterocycles. The number of rotatable bonds is 4. The molecule has 1 heterocycles. The van der Waals surface area contributed by atoms with Crippen LogP contribution in [0.1, 0.15) is 10.5 Å². The maximum atomic E-state index is 11.8. The van der Waals surface area contributed by atoms with E-state index in [2.05, 4.69) is 15.6 Å². The van der Waals surface area contributed by atoms with E-state index in [0.717, 1.165) is 0 Å². The maximum Gasteiger partial charge on any atom is 0.354 e. The number of methoxy groups -OCH3 is 1. The van der Waals surface area contributed by atoms with Crippen molar-refractivity contribution in [3.8, 4) is 5.75 Å². The second-order valence-electron chi connectivity index (χ2n) is 4.02. The monoisotopic (exact) mass is 287 g/mol. The molecule has 0 saturated carbocycles. The Morgan fingerprint density at radius 1 is 1.10 bits per heavy atom. The Bertz CT molecular complexity index is 656. The lowest BCUT2D eigenvalue weighted by Crippen LogP contribution is -2.20. The van der Waals surface area contributed by atoms with Gasteiger partial charge in [0.1, 0.15) is 11.6 Å². The Balaban J connectivity index is 2.00. The lowest BCUT2D eigenvalue weighted by atomic mass is 10.3. The van der Waals surface area contributed by atoms with Crippen LogP contribution in [0, 0.1) is 0 Å². The molecule has 0 fully saturated rings. The number of ether oxygens (including phenoxy) is 1. The van der Waals surface area contributed by atoms with Gasteiger partial charge in [-0.05, 0) is 36.4 Å². The Morgan fingerprint density at radius 3 is 2.43 bits per heavy atom. The Morgan fingerprint density at radius 2 is 1.81 bits per heavy atom. The van der Waals surface area contributed by atoms with Crippen LogP contribution in [0.3, 0.4) is 0 Å². The predicted molar refractivity (Wildman–Crippen MR) is 76.8 cm³/mol. The van der Waals surface area contributed by atoms with Gasteiger partial charge in [-0.1, -0.05) is 6.07 Å². The van der Waals surface area contributed by atoms with Gasteiger partial charge in [0.2, 0.25) is 0 Å². The second-order valence-corrected chi connectivity index (χ2v) is 4.02.